The Balaban J connectivity index is 1.70. The minimum Gasteiger partial charge on any atom is -0.484 e. The van der Waals surface area contributed by atoms with E-state index in [9.17, 15) is 13.6 Å². The maximum atomic E-state index is 12.1. The van der Waals surface area contributed by atoms with Crippen molar-refractivity contribution in [1.29, 1.82) is 0 Å². The standard InChI is InChI=1S/C18H19F2NO3/c1-13-4-2-3-5-16(13)23-12-17(22)21-11-10-14-6-8-15(9-7-14)24-18(19)20/h2-9,18H,10-12H2,1H3,(H,21,22). The molecule has 0 aromatic heterocycles. The molecule has 1 amide bonds. The minimum atomic E-state index is -2.83. The van der Waals surface area contributed by atoms with Crippen LogP contribution < -0.4 is 14.8 Å². The molecule has 0 fully saturated rings. The SMILES string of the molecule is Cc1ccccc1OCC(=O)NCCc1ccc(OC(F)F)cc1. The molecule has 0 aliphatic heterocycles. The highest BCUT2D eigenvalue weighted by Gasteiger charge is 2.05. The molecular formula is C18H19F2NO3. The van der Waals surface area contributed by atoms with E-state index >= 15 is 0 Å². The Bertz CT molecular complexity index is 660. The van der Waals surface area contributed by atoms with Crippen LogP contribution in [0.25, 0.3) is 0 Å². The Kier molecular flexibility index (Phi) is 6.54. The van der Waals surface area contributed by atoms with Crippen LogP contribution in [-0.4, -0.2) is 25.7 Å². The number of carbonyl (C=O) groups is 1. The largest absolute Gasteiger partial charge is 0.484 e. The highest BCUT2D eigenvalue weighted by Crippen LogP contribution is 2.16. The summed E-state index contributed by atoms with van der Waals surface area (Å²) < 4.78 is 33.8. The van der Waals surface area contributed by atoms with Gasteiger partial charge in [-0.25, -0.2) is 0 Å². The third kappa shape index (κ3) is 5.87. The van der Waals surface area contributed by atoms with Crippen LogP contribution in [0, 0.1) is 6.92 Å². The first-order chi connectivity index (χ1) is 11.5. The van der Waals surface area contributed by atoms with E-state index in [1.165, 1.54) is 12.1 Å². The van der Waals surface area contributed by atoms with E-state index in [0.29, 0.717) is 18.7 Å². The molecule has 0 unspecified atom stereocenters. The van der Waals surface area contributed by atoms with Crippen LogP contribution in [0.2, 0.25) is 0 Å². The molecule has 1 N–H and O–H groups in total. The molecule has 6 heteroatoms. The smallest absolute Gasteiger partial charge is 0.387 e. The highest BCUT2D eigenvalue weighted by atomic mass is 19.3. The number of benzene rings is 2. The fourth-order valence-electron chi connectivity index (χ4n) is 2.10. The van der Waals surface area contributed by atoms with Crippen molar-refractivity contribution >= 4 is 5.91 Å². The number of rotatable bonds is 8. The summed E-state index contributed by atoms with van der Waals surface area (Å²) in [4.78, 5) is 11.8. The summed E-state index contributed by atoms with van der Waals surface area (Å²) in [6.45, 7) is -0.533. The number of hydrogen-bond donors (Lipinski definition) is 1. The summed E-state index contributed by atoms with van der Waals surface area (Å²) in [6, 6.07) is 13.8. The van der Waals surface area contributed by atoms with E-state index in [-0.39, 0.29) is 18.3 Å². The van der Waals surface area contributed by atoms with Gasteiger partial charge in [-0.1, -0.05) is 30.3 Å². The maximum Gasteiger partial charge on any atom is 0.387 e. The van der Waals surface area contributed by atoms with Crippen LogP contribution in [0.5, 0.6) is 11.5 Å². The van der Waals surface area contributed by atoms with Gasteiger partial charge in [0.05, 0.1) is 0 Å². The van der Waals surface area contributed by atoms with E-state index < -0.39 is 6.61 Å². The van der Waals surface area contributed by atoms with Gasteiger partial charge in [0, 0.05) is 6.54 Å². The monoisotopic (exact) mass is 335 g/mol. The topological polar surface area (TPSA) is 47.6 Å². The molecule has 24 heavy (non-hydrogen) atoms. The summed E-state index contributed by atoms with van der Waals surface area (Å²) in [5.41, 5.74) is 1.88. The second-order valence-electron chi connectivity index (χ2n) is 5.18. The number of hydrogen-bond acceptors (Lipinski definition) is 3. The summed E-state index contributed by atoms with van der Waals surface area (Å²) in [6.07, 6.45) is 0.588. The Morgan fingerprint density at radius 1 is 1.12 bits per heavy atom. The van der Waals surface area contributed by atoms with Gasteiger partial charge in [0.2, 0.25) is 0 Å². The number of para-hydroxylation sites is 1. The number of halogens is 2. The molecule has 0 saturated heterocycles. The van der Waals surface area contributed by atoms with Crippen molar-refractivity contribution in [3.63, 3.8) is 0 Å². The van der Waals surface area contributed by atoms with Gasteiger partial charge in [-0.2, -0.15) is 8.78 Å². The lowest BCUT2D eigenvalue weighted by Gasteiger charge is -2.09. The Hall–Kier alpha value is -2.63. The molecule has 0 saturated carbocycles. The van der Waals surface area contributed by atoms with Gasteiger partial charge in [0.25, 0.3) is 5.91 Å². The normalized spacial score (nSPS) is 10.5. The van der Waals surface area contributed by atoms with Gasteiger partial charge in [-0.15, -0.1) is 0 Å². The van der Waals surface area contributed by atoms with Gasteiger partial charge in [-0.3, -0.25) is 4.79 Å². The lowest BCUT2D eigenvalue weighted by Crippen LogP contribution is -2.30. The average molecular weight is 335 g/mol. The molecule has 0 atom stereocenters. The van der Waals surface area contributed by atoms with Crippen LogP contribution in [0.3, 0.4) is 0 Å². The molecule has 0 aliphatic carbocycles. The second-order valence-corrected chi connectivity index (χ2v) is 5.18. The quantitative estimate of drug-likeness (QED) is 0.805. The fraction of sp³-hybridized carbons (Fsp3) is 0.278. The van der Waals surface area contributed by atoms with Gasteiger partial charge < -0.3 is 14.8 Å². The number of amides is 1. The van der Waals surface area contributed by atoms with Gasteiger partial charge >= 0.3 is 6.61 Å². The predicted octanol–water partition coefficient (Wildman–Crippen LogP) is 3.33. The van der Waals surface area contributed by atoms with E-state index in [2.05, 4.69) is 10.1 Å². The van der Waals surface area contributed by atoms with Crippen molar-refractivity contribution in [3.8, 4) is 11.5 Å². The molecule has 2 rings (SSSR count). The van der Waals surface area contributed by atoms with Crippen molar-refractivity contribution < 1.29 is 23.0 Å². The lowest BCUT2D eigenvalue weighted by molar-refractivity contribution is -0.123. The molecule has 0 bridgehead atoms. The lowest BCUT2D eigenvalue weighted by atomic mass is 10.1. The van der Waals surface area contributed by atoms with Crippen LogP contribution >= 0.6 is 0 Å². The predicted molar refractivity (Wildman–Crippen MR) is 86.5 cm³/mol. The van der Waals surface area contributed by atoms with Crippen molar-refractivity contribution in [2.24, 2.45) is 0 Å². The first kappa shape index (κ1) is 17.7. The third-order valence-corrected chi connectivity index (χ3v) is 3.34. The molecule has 0 radical (unpaired) electrons. The zero-order valence-electron chi connectivity index (χ0n) is 13.3. The number of ether oxygens (including phenoxy) is 2. The van der Waals surface area contributed by atoms with E-state index in [0.717, 1.165) is 11.1 Å². The Morgan fingerprint density at radius 2 is 1.83 bits per heavy atom. The Labute approximate surface area is 139 Å². The molecule has 2 aromatic carbocycles. The molecule has 4 nitrogen and oxygen atoms in total. The zero-order chi connectivity index (χ0) is 17.4. The summed E-state index contributed by atoms with van der Waals surface area (Å²) >= 11 is 0. The summed E-state index contributed by atoms with van der Waals surface area (Å²) in [7, 11) is 0. The van der Waals surface area contributed by atoms with Gasteiger partial charge in [0.15, 0.2) is 6.61 Å². The molecular weight excluding hydrogens is 316 g/mol. The zero-order valence-corrected chi connectivity index (χ0v) is 13.3. The average Bonchev–Trinajstić information content (AvgIpc) is 2.55. The van der Waals surface area contributed by atoms with Gasteiger partial charge in [-0.05, 0) is 42.7 Å². The minimum absolute atomic E-state index is 0.0496. The molecule has 2 aromatic rings. The van der Waals surface area contributed by atoms with Crippen LogP contribution in [0.15, 0.2) is 48.5 Å². The number of nitrogens with one attached hydrogen (secondary N) is 1. The van der Waals surface area contributed by atoms with Crippen molar-refractivity contribution in [1.82, 2.24) is 5.32 Å². The van der Waals surface area contributed by atoms with Crippen molar-refractivity contribution in [2.75, 3.05) is 13.2 Å². The van der Waals surface area contributed by atoms with Crippen LogP contribution in [0.1, 0.15) is 11.1 Å². The summed E-state index contributed by atoms with van der Waals surface area (Å²) in [5, 5.41) is 2.75. The third-order valence-electron chi connectivity index (χ3n) is 3.34. The maximum absolute atomic E-state index is 12.1. The number of aryl methyl sites for hydroxylation is 1. The van der Waals surface area contributed by atoms with Crippen molar-refractivity contribution in [3.05, 3.63) is 59.7 Å². The van der Waals surface area contributed by atoms with E-state index in [1.54, 1.807) is 12.1 Å². The molecule has 128 valence electrons. The second kappa shape index (κ2) is 8.86. The van der Waals surface area contributed by atoms with E-state index in [1.807, 2.05) is 31.2 Å². The van der Waals surface area contributed by atoms with Gasteiger partial charge in [0.1, 0.15) is 11.5 Å². The van der Waals surface area contributed by atoms with Crippen LogP contribution in [0.4, 0.5) is 8.78 Å². The molecule has 0 spiro atoms. The molecule has 0 heterocycles. The summed E-state index contributed by atoms with van der Waals surface area (Å²) in [5.74, 6) is 0.586. The fourth-order valence-corrected chi connectivity index (χ4v) is 2.10. The molecule has 0 aliphatic rings. The Morgan fingerprint density at radius 3 is 2.50 bits per heavy atom. The van der Waals surface area contributed by atoms with E-state index in [4.69, 9.17) is 4.74 Å². The first-order valence-electron chi connectivity index (χ1n) is 7.53. The number of alkyl halides is 2. The highest BCUT2D eigenvalue weighted by molar-refractivity contribution is 5.77. The number of carbonyl (C=O) groups excluding carboxylic acids is 1. The first-order valence-corrected chi connectivity index (χ1v) is 7.53. The van der Waals surface area contributed by atoms with Crippen molar-refractivity contribution in [2.45, 2.75) is 20.0 Å². The van der Waals surface area contributed by atoms with Crippen LogP contribution in [-0.2, 0) is 11.2 Å².